The highest BCUT2D eigenvalue weighted by Gasteiger charge is 2.25. The lowest BCUT2D eigenvalue weighted by Crippen LogP contribution is -2.22. The molecule has 0 amide bonds. The van der Waals surface area contributed by atoms with Gasteiger partial charge in [0.2, 0.25) is 5.83 Å². The molecule has 0 radical (unpaired) electrons. The maximum Gasteiger partial charge on any atom is 0.368 e. The number of carbonyl (C=O) groups is 1. The summed E-state index contributed by atoms with van der Waals surface area (Å²) in [5.74, 6) is -1.34. The van der Waals surface area contributed by atoms with Gasteiger partial charge in [-0.15, -0.1) is 0 Å². The van der Waals surface area contributed by atoms with E-state index in [2.05, 4.69) is 11.7 Å². The number of rotatable bonds is 2. The number of nitrogens with two attached hydrogens (primary N) is 1. The van der Waals surface area contributed by atoms with E-state index in [0.717, 1.165) is 32.8 Å². The summed E-state index contributed by atoms with van der Waals surface area (Å²) in [7, 11) is 1.15. The Hall–Kier alpha value is -1.06. The van der Waals surface area contributed by atoms with Crippen LogP contribution in [0.5, 0.6) is 0 Å². The molecule has 86 valence electrons. The summed E-state index contributed by atoms with van der Waals surface area (Å²) in [6, 6.07) is 0. The third-order valence-corrected chi connectivity index (χ3v) is 2.99. The summed E-state index contributed by atoms with van der Waals surface area (Å²) in [4.78, 5) is 10.9. The van der Waals surface area contributed by atoms with Crippen molar-refractivity contribution >= 4 is 5.97 Å². The van der Waals surface area contributed by atoms with Gasteiger partial charge in [-0.2, -0.15) is 4.39 Å². The topological polar surface area (TPSA) is 52.3 Å². The van der Waals surface area contributed by atoms with Crippen molar-refractivity contribution in [1.82, 2.24) is 0 Å². The van der Waals surface area contributed by atoms with Crippen LogP contribution >= 0.6 is 0 Å². The van der Waals surface area contributed by atoms with E-state index in [-0.39, 0.29) is 11.6 Å². The second-order valence-electron chi connectivity index (χ2n) is 4.23. The van der Waals surface area contributed by atoms with Crippen molar-refractivity contribution in [2.24, 2.45) is 17.6 Å². The van der Waals surface area contributed by atoms with Gasteiger partial charge < -0.3 is 10.5 Å². The Labute approximate surface area is 89.5 Å². The van der Waals surface area contributed by atoms with E-state index in [1.807, 2.05) is 0 Å². The number of carbonyl (C=O) groups excluding carboxylic acids is 1. The number of halogens is 1. The molecule has 3 nitrogen and oxygen atoms in total. The van der Waals surface area contributed by atoms with Gasteiger partial charge in [0.25, 0.3) is 0 Å². The molecule has 2 unspecified atom stereocenters. The molecular weight excluding hydrogens is 197 g/mol. The predicted molar refractivity (Wildman–Crippen MR) is 55.5 cm³/mol. The minimum atomic E-state index is -0.967. The van der Waals surface area contributed by atoms with Crippen LogP contribution in [-0.2, 0) is 9.53 Å². The average Bonchev–Trinajstić information content (AvgIpc) is 2.26. The maximum atomic E-state index is 13.4. The molecule has 2 atom stereocenters. The number of hydrogen-bond acceptors (Lipinski definition) is 3. The van der Waals surface area contributed by atoms with E-state index >= 15 is 0 Å². The van der Waals surface area contributed by atoms with Crippen LogP contribution in [0.3, 0.4) is 0 Å². The highest BCUT2D eigenvalue weighted by molar-refractivity contribution is 5.86. The summed E-state index contributed by atoms with van der Waals surface area (Å²) < 4.78 is 17.7. The van der Waals surface area contributed by atoms with Crippen molar-refractivity contribution in [2.75, 3.05) is 7.11 Å². The van der Waals surface area contributed by atoms with Gasteiger partial charge in [-0.25, -0.2) is 4.79 Å². The van der Waals surface area contributed by atoms with E-state index in [1.165, 1.54) is 0 Å². The molecule has 0 aromatic heterocycles. The van der Waals surface area contributed by atoms with Gasteiger partial charge >= 0.3 is 5.97 Å². The van der Waals surface area contributed by atoms with E-state index in [9.17, 15) is 9.18 Å². The Morgan fingerprint density at radius 3 is 2.67 bits per heavy atom. The van der Waals surface area contributed by atoms with E-state index in [4.69, 9.17) is 5.73 Å². The summed E-state index contributed by atoms with van der Waals surface area (Å²) in [5.41, 5.74) is 5.70. The highest BCUT2D eigenvalue weighted by Crippen LogP contribution is 2.32. The zero-order chi connectivity index (χ0) is 11.4. The van der Waals surface area contributed by atoms with Crippen LogP contribution in [0, 0.1) is 11.8 Å². The van der Waals surface area contributed by atoms with E-state index < -0.39 is 11.8 Å². The summed E-state index contributed by atoms with van der Waals surface area (Å²) >= 11 is 0. The molecule has 2 N–H and O–H groups in total. The quantitative estimate of drug-likeness (QED) is 0.567. The van der Waals surface area contributed by atoms with Crippen LogP contribution in [0.1, 0.15) is 32.6 Å². The van der Waals surface area contributed by atoms with Crippen LogP contribution < -0.4 is 5.73 Å². The number of hydrogen-bond donors (Lipinski definition) is 1. The monoisotopic (exact) mass is 215 g/mol. The smallest absolute Gasteiger partial charge is 0.368 e. The Morgan fingerprint density at radius 2 is 2.13 bits per heavy atom. The summed E-state index contributed by atoms with van der Waals surface area (Å²) in [5, 5.41) is 0. The first kappa shape index (κ1) is 12.0. The molecule has 1 aliphatic rings. The van der Waals surface area contributed by atoms with Crippen LogP contribution in [-0.4, -0.2) is 13.1 Å². The van der Waals surface area contributed by atoms with Crippen molar-refractivity contribution in [2.45, 2.75) is 32.6 Å². The third-order valence-electron chi connectivity index (χ3n) is 2.99. The molecule has 1 aliphatic carbocycles. The molecule has 0 saturated heterocycles. The van der Waals surface area contributed by atoms with Crippen molar-refractivity contribution in [3.8, 4) is 0 Å². The summed E-state index contributed by atoms with van der Waals surface area (Å²) in [6.45, 7) is 2.12. The van der Waals surface area contributed by atoms with Gasteiger partial charge in [0.1, 0.15) is 0 Å². The molecule has 0 aromatic carbocycles. The lowest BCUT2D eigenvalue weighted by Gasteiger charge is -2.26. The zero-order valence-corrected chi connectivity index (χ0v) is 9.25. The van der Waals surface area contributed by atoms with Crippen molar-refractivity contribution in [3.05, 3.63) is 11.5 Å². The Morgan fingerprint density at radius 1 is 1.47 bits per heavy atom. The zero-order valence-electron chi connectivity index (χ0n) is 9.25. The number of methoxy groups -OCH3 is 1. The molecular formula is C11H18FNO2. The van der Waals surface area contributed by atoms with Crippen LogP contribution in [0.15, 0.2) is 11.5 Å². The SMILES string of the molecule is COC(=O)C(F)=C(N)C1CCCC(C)C1. The molecule has 15 heavy (non-hydrogen) atoms. The minimum Gasteiger partial charge on any atom is -0.464 e. The maximum absolute atomic E-state index is 13.4. The molecule has 0 aliphatic heterocycles. The molecule has 0 bridgehead atoms. The fourth-order valence-electron chi connectivity index (χ4n) is 2.10. The van der Waals surface area contributed by atoms with Gasteiger partial charge in [0.15, 0.2) is 0 Å². The molecule has 1 saturated carbocycles. The average molecular weight is 215 g/mol. The van der Waals surface area contributed by atoms with Gasteiger partial charge in [0, 0.05) is 5.92 Å². The van der Waals surface area contributed by atoms with Crippen molar-refractivity contribution in [1.29, 1.82) is 0 Å². The standard InChI is InChI=1S/C11H18FNO2/c1-7-4-3-5-8(6-7)10(13)9(12)11(14)15-2/h7-8H,3-6,13H2,1-2H3. The normalized spacial score (nSPS) is 28.2. The minimum absolute atomic E-state index is 0.00662. The first-order valence-electron chi connectivity index (χ1n) is 5.29. The lowest BCUT2D eigenvalue weighted by atomic mass is 9.80. The van der Waals surface area contributed by atoms with Crippen LogP contribution in [0.4, 0.5) is 4.39 Å². The Kier molecular flexibility index (Phi) is 4.12. The number of allylic oxidation sites excluding steroid dienone is 1. The summed E-state index contributed by atoms with van der Waals surface area (Å²) in [6.07, 6.45) is 3.92. The highest BCUT2D eigenvalue weighted by atomic mass is 19.1. The Balaban J connectivity index is 2.73. The third kappa shape index (κ3) is 2.94. The van der Waals surface area contributed by atoms with E-state index in [1.54, 1.807) is 0 Å². The van der Waals surface area contributed by atoms with Gasteiger partial charge in [0.05, 0.1) is 12.8 Å². The molecule has 0 heterocycles. The fourth-order valence-corrected chi connectivity index (χ4v) is 2.10. The Bertz CT molecular complexity index is 276. The lowest BCUT2D eigenvalue weighted by molar-refractivity contribution is -0.137. The molecule has 4 heteroatoms. The second kappa shape index (κ2) is 5.14. The van der Waals surface area contributed by atoms with Crippen molar-refractivity contribution in [3.63, 3.8) is 0 Å². The first-order chi connectivity index (χ1) is 7.06. The number of ether oxygens (including phenoxy) is 1. The molecule has 1 rings (SSSR count). The van der Waals surface area contributed by atoms with E-state index in [0.29, 0.717) is 5.92 Å². The van der Waals surface area contributed by atoms with Gasteiger partial charge in [-0.3, -0.25) is 0 Å². The first-order valence-corrected chi connectivity index (χ1v) is 5.29. The van der Waals surface area contributed by atoms with Crippen LogP contribution in [0.25, 0.3) is 0 Å². The van der Waals surface area contributed by atoms with Crippen molar-refractivity contribution < 1.29 is 13.9 Å². The molecule has 0 spiro atoms. The predicted octanol–water partition coefficient (Wildman–Crippen LogP) is 2.13. The number of esters is 1. The second-order valence-corrected chi connectivity index (χ2v) is 4.23. The van der Waals surface area contributed by atoms with Gasteiger partial charge in [-0.1, -0.05) is 19.8 Å². The fraction of sp³-hybridized carbons (Fsp3) is 0.727. The van der Waals surface area contributed by atoms with Crippen LogP contribution in [0.2, 0.25) is 0 Å². The largest absolute Gasteiger partial charge is 0.464 e. The molecule has 1 fully saturated rings. The van der Waals surface area contributed by atoms with Gasteiger partial charge in [-0.05, 0) is 18.8 Å². The molecule has 0 aromatic rings.